The van der Waals surface area contributed by atoms with Crippen molar-refractivity contribution < 1.29 is 19.1 Å². The van der Waals surface area contributed by atoms with Crippen LogP contribution in [0.5, 0.6) is 0 Å². The highest BCUT2D eigenvalue weighted by Crippen LogP contribution is 2.02. The van der Waals surface area contributed by atoms with Crippen LogP contribution in [0.1, 0.15) is 20.7 Å². The number of rotatable bonds is 5. The van der Waals surface area contributed by atoms with Gasteiger partial charge in [0.2, 0.25) is 0 Å². The van der Waals surface area contributed by atoms with Crippen molar-refractivity contribution in [2.24, 2.45) is 0 Å². The number of hydrogen-bond acceptors (Lipinski definition) is 4. The molecule has 0 radical (unpaired) electrons. The molecule has 0 N–H and O–H groups in total. The van der Waals surface area contributed by atoms with Crippen molar-refractivity contribution >= 4 is 11.9 Å². The Hall–Kier alpha value is -2.88. The molecule has 2 rings (SSSR count). The molecule has 2 aromatic carbocycles. The van der Waals surface area contributed by atoms with Crippen LogP contribution in [0.3, 0.4) is 0 Å². The summed E-state index contributed by atoms with van der Waals surface area (Å²) in [6, 6.07) is 17.3. The summed E-state index contributed by atoms with van der Waals surface area (Å²) < 4.78 is 9.90. The summed E-state index contributed by atoms with van der Waals surface area (Å²) in [5, 5.41) is 0. The van der Waals surface area contributed by atoms with Gasteiger partial charge < -0.3 is 9.47 Å². The lowest BCUT2D eigenvalue weighted by molar-refractivity contribution is 0.0546. The number of ether oxygens (including phenoxy) is 2. The number of carbonyl (C=O) groups is 2. The fourth-order valence-corrected chi connectivity index (χ4v) is 1.57. The van der Waals surface area contributed by atoms with Gasteiger partial charge in [0, 0.05) is 0 Å². The van der Waals surface area contributed by atoms with Gasteiger partial charge in [-0.25, -0.2) is 9.59 Å². The fourth-order valence-electron chi connectivity index (χ4n) is 1.57. The van der Waals surface area contributed by atoms with E-state index in [1.165, 1.54) is 12.3 Å². The Kier molecular flexibility index (Phi) is 5.29. The van der Waals surface area contributed by atoms with Crippen molar-refractivity contribution in [3.8, 4) is 0 Å². The van der Waals surface area contributed by atoms with Crippen molar-refractivity contribution in [2.45, 2.75) is 0 Å². The van der Waals surface area contributed by atoms with Crippen molar-refractivity contribution in [3.63, 3.8) is 0 Å². The smallest absolute Gasteiger partial charge is 0.342 e. The Morgan fingerprint density at radius 1 is 0.810 bits per heavy atom. The molecule has 0 unspecified atom stereocenters. The highest BCUT2D eigenvalue weighted by Gasteiger charge is 2.05. The van der Waals surface area contributed by atoms with E-state index in [9.17, 15) is 9.59 Å². The van der Waals surface area contributed by atoms with Gasteiger partial charge in [-0.1, -0.05) is 36.4 Å². The van der Waals surface area contributed by atoms with Gasteiger partial charge in [-0.3, -0.25) is 0 Å². The number of benzene rings is 2. The van der Waals surface area contributed by atoms with E-state index < -0.39 is 11.9 Å². The molecule has 0 amide bonds. The van der Waals surface area contributed by atoms with E-state index in [1.54, 1.807) is 48.5 Å². The second-order valence-electron chi connectivity index (χ2n) is 4.11. The Bertz CT molecular complexity index is 618. The molecule has 0 bridgehead atoms. The lowest BCUT2D eigenvalue weighted by Crippen LogP contribution is -2.05. The van der Waals surface area contributed by atoms with Crippen LogP contribution in [-0.4, -0.2) is 18.5 Å². The average molecular weight is 282 g/mol. The summed E-state index contributed by atoms with van der Waals surface area (Å²) in [7, 11) is 0. The summed E-state index contributed by atoms with van der Waals surface area (Å²) in [5.74, 6) is -0.879. The first-order valence-corrected chi connectivity index (χ1v) is 6.40. The first-order valence-electron chi connectivity index (χ1n) is 6.40. The molecule has 0 saturated heterocycles. The third-order valence-electron chi connectivity index (χ3n) is 2.60. The van der Waals surface area contributed by atoms with Gasteiger partial charge in [0.15, 0.2) is 0 Å². The lowest BCUT2D eigenvalue weighted by atomic mass is 10.2. The van der Waals surface area contributed by atoms with Gasteiger partial charge in [-0.2, -0.15) is 0 Å². The van der Waals surface area contributed by atoms with Crippen LogP contribution in [0.2, 0.25) is 0 Å². The SMILES string of the molecule is O=C(O/C=C/COC(=O)c1ccccc1)c1ccccc1. The molecule has 0 atom stereocenters. The molecule has 4 nitrogen and oxygen atoms in total. The first-order chi connectivity index (χ1) is 10.3. The Morgan fingerprint density at radius 2 is 1.33 bits per heavy atom. The lowest BCUT2D eigenvalue weighted by Gasteiger charge is -2.01. The molecular formula is C17H14O4. The number of esters is 2. The van der Waals surface area contributed by atoms with E-state index in [0.717, 1.165) is 0 Å². The minimum atomic E-state index is -0.457. The molecule has 0 saturated carbocycles. The molecule has 0 aliphatic heterocycles. The maximum atomic E-state index is 11.6. The van der Waals surface area contributed by atoms with E-state index in [2.05, 4.69) is 0 Å². The van der Waals surface area contributed by atoms with Crippen LogP contribution in [0.4, 0.5) is 0 Å². The second-order valence-corrected chi connectivity index (χ2v) is 4.11. The van der Waals surface area contributed by atoms with Crippen LogP contribution in [0, 0.1) is 0 Å². The van der Waals surface area contributed by atoms with Gasteiger partial charge in [0.1, 0.15) is 6.61 Å². The summed E-state index contributed by atoms with van der Waals surface area (Å²) in [6.45, 7) is 0.0375. The van der Waals surface area contributed by atoms with Gasteiger partial charge >= 0.3 is 11.9 Å². The highest BCUT2D eigenvalue weighted by molar-refractivity contribution is 5.90. The van der Waals surface area contributed by atoms with Crippen LogP contribution >= 0.6 is 0 Å². The summed E-state index contributed by atoms with van der Waals surface area (Å²) >= 11 is 0. The van der Waals surface area contributed by atoms with Gasteiger partial charge in [0.05, 0.1) is 17.4 Å². The Morgan fingerprint density at radius 3 is 1.90 bits per heavy atom. The van der Waals surface area contributed by atoms with Gasteiger partial charge in [0.25, 0.3) is 0 Å². The van der Waals surface area contributed by atoms with E-state index in [-0.39, 0.29) is 6.61 Å². The van der Waals surface area contributed by atoms with Crippen molar-refractivity contribution in [1.82, 2.24) is 0 Å². The molecule has 2 aromatic rings. The molecule has 0 heterocycles. The fraction of sp³-hybridized carbons (Fsp3) is 0.0588. The molecule has 0 spiro atoms. The minimum Gasteiger partial charge on any atom is -0.458 e. The molecule has 4 heteroatoms. The normalized spacial score (nSPS) is 10.3. The minimum absolute atomic E-state index is 0.0375. The van der Waals surface area contributed by atoms with Crippen LogP contribution in [0.25, 0.3) is 0 Å². The van der Waals surface area contributed by atoms with E-state index in [1.807, 2.05) is 12.1 Å². The van der Waals surface area contributed by atoms with Crippen LogP contribution in [0.15, 0.2) is 73.0 Å². The maximum absolute atomic E-state index is 11.6. The molecule has 0 aliphatic rings. The summed E-state index contributed by atoms with van der Waals surface area (Å²) in [6.07, 6.45) is 2.68. The molecule has 0 aromatic heterocycles. The summed E-state index contributed by atoms with van der Waals surface area (Å²) in [4.78, 5) is 23.2. The quantitative estimate of drug-likeness (QED) is 0.624. The standard InChI is InChI=1S/C17H14O4/c18-16(14-8-3-1-4-9-14)20-12-7-13-21-17(19)15-10-5-2-6-11-15/h1-12H,13H2/b12-7+. The predicted octanol–water partition coefficient (Wildman–Crippen LogP) is 3.21. The third kappa shape index (κ3) is 4.62. The number of carbonyl (C=O) groups excluding carboxylic acids is 2. The molecule has 21 heavy (non-hydrogen) atoms. The largest absolute Gasteiger partial charge is 0.458 e. The number of hydrogen-bond donors (Lipinski definition) is 0. The molecular weight excluding hydrogens is 268 g/mol. The first kappa shape index (κ1) is 14.5. The zero-order chi connectivity index (χ0) is 14.9. The molecule has 106 valence electrons. The highest BCUT2D eigenvalue weighted by atomic mass is 16.5. The van der Waals surface area contributed by atoms with Gasteiger partial charge in [-0.15, -0.1) is 0 Å². The average Bonchev–Trinajstić information content (AvgIpc) is 2.55. The molecule has 0 aliphatic carbocycles. The van der Waals surface area contributed by atoms with E-state index in [4.69, 9.17) is 9.47 Å². The summed E-state index contributed by atoms with van der Waals surface area (Å²) in [5.41, 5.74) is 0.940. The molecule has 0 fully saturated rings. The maximum Gasteiger partial charge on any atom is 0.342 e. The second kappa shape index (κ2) is 7.65. The third-order valence-corrected chi connectivity index (χ3v) is 2.60. The Balaban J connectivity index is 1.74. The Labute approximate surface area is 122 Å². The zero-order valence-corrected chi connectivity index (χ0v) is 11.3. The topological polar surface area (TPSA) is 52.6 Å². The van der Waals surface area contributed by atoms with E-state index in [0.29, 0.717) is 11.1 Å². The monoisotopic (exact) mass is 282 g/mol. The van der Waals surface area contributed by atoms with Gasteiger partial charge in [-0.05, 0) is 30.3 Å². The van der Waals surface area contributed by atoms with E-state index >= 15 is 0 Å². The van der Waals surface area contributed by atoms with Crippen LogP contribution in [-0.2, 0) is 9.47 Å². The zero-order valence-electron chi connectivity index (χ0n) is 11.3. The van der Waals surface area contributed by atoms with Crippen molar-refractivity contribution in [3.05, 3.63) is 84.1 Å². The van der Waals surface area contributed by atoms with Crippen molar-refractivity contribution in [2.75, 3.05) is 6.61 Å². The van der Waals surface area contributed by atoms with Crippen molar-refractivity contribution in [1.29, 1.82) is 0 Å². The predicted molar refractivity (Wildman–Crippen MR) is 77.7 cm³/mol. The van der Waals surface area contributed by atoms with Crippen LogP contribution < -0.4 is 0 Å².